The molecule has 8 heteroatoms. The molecule has 2 aromatic heterocycles. The van der Waals surface area contributed by atoms with Crippen molar-refractivity contribution in [1.29, 1.82) is 0 Å². The molecular formula is C20H18ClN3O3S. The molecule has 0 unspecified atom stereocenters. The summed E-state index contributed by atoms with van der Waals surface area (Å²) in [6, 6.07) is 11.0. The molecule has 28 heavy (non-hydrogen) atoms. The highest BCUT2D eigenvalue weighted by Crippen LogP contribution is 2.32. The van der Waals surface area contributed by atoms with E-state index < -0.39 is 5.97 Å². The second-order valence-electron chi connectivity index (χ2n) is 6.63. The predicted octanol–water partition coefficient (Wildman–Crippen LogP) is 3.91. The smallest absolute Gasteiger partial charge is 0.357 e. The number of hydrogen-bond donors (Lipinski definition) is 0. The van der Waals surface area contributed by atoms with Gasteiger partial charge in [0.2, 0.25) is 0 Å². The molecule has 0 bridgehead atoms. The number of esters is 1. The Morgan fingerprint density at radius 1 is 1.29 bits per heavy atom. The van der Waals surface area contributed by atoms with Gasteiger partial charge in [0.05, 0.1) is 15.2 Å². The fourth-order valence-electron chi connectivity index (χ4n) is 3.28. The average Bonchev–Trinajstić information content (AvgIpc) is 3.16. The lowest BCUT2D eigenvalue weighted by Gasteiger charge is -2.31. The van der Waals surface area contributed by atoms with Gasteiger partial charge < -0.3 is 9.64 Å². The Balaban J connectivity index is 1.37. The number of piperidine rings is 1. The first-order chi connectivity index (χ1) is 13.6. The second kappa shape index (κ2) is 8.24. The first-order valence-corrected chi connectivity index (χ1v) is 10.2. The van der Waals surface area contributed by atoms with Crippen molar-refractivity contribution in [3.8, 4) is 0 Å². The lowest BCUT2D eigenvalue weighted by molar-refractivity contribution is -0.135. The zero-order valence-electron chi connectivity index (χ0n) is 15.0. The maximum Gasteiger partial charge on any atom is 0.357 e. The van der Waals surface area contributed by atoms with Gasteiger partial charge in [0.25, 0.3) is 5.91 Å². The summed E-state index contributed by atoms with van der Waals surface area (Å²) in [5.41, 5.74) is 1.08. The highest BCUT2D eigenvalue weighted by Gasteiger charge is 2.27. The third-order valence-corrected chi connectivity index (χ3v) is 6.13. The molecule has 0 spiro atoms. The van der Waals surface area contributed by atoms with Gasteiger partial charge in [-0.15, -0.1) is 11.3 Å². The molecule has 144 valence electrons. The molecule has 0 saturated carbocycles. The zero-order chi connectivity index (χ0) is 19.5. The molecule has 1 aromatic carbocycles. The van der Waals surface area contributed by atoms with Crippen LogP contribution in [0.3, 0.4) is 0 Å². The number of halogens is 1. The fourth-order valence-corrected chi connectivity index (χ4v) is 4.53. The van der Waals surface area contributed by atoms with Crippen LogP contribution in [-0.2, 0) is 9.53 Å². The Labute approximate surface area is 171 Å². The normalized spacial score (nSPS) is 16.9. The van der Waals surface area contributed by atoms with Gasteiger partial charge in [-0.05, 0) is 37.1 Å². The average molecular weight is 416 g/mol. The number of carbonyl (C=O) groups is 2. The van der Waals surface area contributed by atoms with Gasteiger partial charge in [-0.3, -0.25) is 4.79 Å². The summed E-state index contributed by atoms with van der Waals surface area (Å²) in [6.45, 7) is 0.943. The Bertz CT molecular complexity index is 990. The van der Waals surface area contributed by atoms with Crippen molar-refractivity contribution in [3.63, 3.8) is 0 Å². The quantitative estimate of drug-likeness (QED) is 0.604. The maximum atomic E-state index is 12.5. The van der Waals surface area contributed by atoms with Gasteiger partial charge in [-0.2, -0.15) is 0 Å². The first kappa shape index (κ1) is 18.8. The van der Waals surface area contributed by atoms with Crippen molar-refractivity contribution < 1.29 is 14.3 Å². The maximum absolute atomic E-state index is 12.5. The summed E-state index contributed by atoms with van der Waals surface area (Å²) in [5, 5.41) is 1.45. The van der Waals surface area contributed by atoms with Gasteiger partial charge in [0.15, 0.2) is 6.61 Å². The lowest BCUT2D eigenvalue weighted by Crippen LogP contribution is -2.41. The third-order valence-electron chi connectivity index (χ3n) is 4.69. The molecule has 1 saturated heterocycles. The van der Waals surface area contributed by atoms with Crippen molar-refractivity contribution in [2.45, 2.75) is 18.8 Å². The molecule has 0 radical (unpaired) electrons. The minimum absolute atomic E-state index is 0.0892. The number of nitrogens with zero attached hydrogens (tertiary/aromatic N) is 3. The number of pyridine rings is 1. The van der Waals surface area contributed by atoms with Crippen molar-refractivity contribution in [2.75, 3.05) is 19.7 Å². The number of para-hydroxylation sites is 1. The number of hydrogen-bond acceptors (Lipinski definition) is 6. The molecule has 3 aromatic rings. The van der Waals surface area contributed by atoms with E-state index >= 15 is 0 Å². The molecule has 1 aliphatic rings. The van der Waals surface area contributed by atoms with E-state index in [2.05, 4.69) is 11.1 Å². The summed E-state index contributed by atoms with van der Waals surface area (Å²) < 4.78 is 6.28. The monoisotopic (exact) mass is 415 g/mol. The van der Waals surface area contributed by atoms with Crippen LogP contribution >= 0.6 is 22.9 Å². The Morgan fingerprint density at radius 2 is 2.14 bits per heavy atom. The highest BCUT2D eigenvalue weighted by molar-refractivity contribution is 7.18. The van der Waals surface area contributed by atoms with Crippen molar-refractivity contribution in [1.82, 2.24) is 14.9 Å². The summed E-state index contributed by atoms with van der Waals surface area (Å²) in [4.78, 5) is 35.0. The van der Waals surface area contributed by atoms with Gasteiger partial charge in [0, 0.05) is 30.2 Å². The first-order valence-electron chi connectivity index (χ1n) is 9.02. The van der Waals surface area contributed by atoms with E-state index in [1.54, 1.807) is 22.3 Å². The van der Waals surface area contributed by atoms with Gasteiger partial charge in [0.1, 0.15) is 5.69 Å². The van der Waals surface area contributed by atoms with E-state index in [1.165, 1.54) is 12.3 Å². The Hall–Kier alpha value is -2.51. The number of ether oxygens (including phenoxy) is 1. The van der Waals surface area contributed by atoms with E-state index in [0.29, 0.717) is 18.1 Å². The van der Waals surface area contributed by atoms with Gasteiger partial charge in [-0.1, -0.05) is 23.7 Å². The minimum Gasteiger partial charge on any atom is -0.451 e. The highest BCUT2D eigenvalue weighted by atomic mass is 35.5. The van der Waals surface area contributed by atoms with E-state index in [9.17, 15) is 9.59 Å². The number of fused-ring (bicyclic) bond motifs is 1. The van der Waals surface area contributed by atoms with Crippen LogP contribution in [0.15, 0.2) is 42.6 Å². The molecule has 4 rings (SSSR count). The Kier molecular flexibility index (Phi) is 5.54. The van der Waals surface area contributed by atoms with Crippen LogP contribution in [0.5, 0.6) is 0 Å². The minimum atomic E-state index is -0.657. The number of aromatic nitrogens is 2. The molecule has 0 N–H and O–H groups in total. The van der Waals surface area contributed by atoms with Crippen LogP contribution in [-0.4, -0.2) is 46.4 Å². The molecule has 1 fully saturated rings. The van der Waals surface area contributed by atoms with Crippen LogP contribution in [0.25, 0.3) is 10.2 Å². The number of rotatable bonds is 4. The van der Waals surface area contributed by atoms with Crippen molar-refractivity contribution >= 4 is 45.0 Å². The topological polar surface area (TPSA) is 72.4 Å². The van der Waals surface area contributed by atoms with Crippen molar-refractivity contribution in [2.24, 2.45) is 0 Å². The summed E-state index contributed by atoms with van der Waals surface area (Å²) >= 11 is 7.53. The van der Waals surface area contributed by atoms with E-state index in [1.807, 2.05) is 18.2 Å². The molecule has 6 nitrogen and oxygen atoms in total. The molecule has 1 amide bonds. The van der Waals surface area contributed by atoms with Crippen LogP contribution < -0.4 is 0 Å². The van der Waals surface area contributed by atoms with E-state index in [0.717, 1.165) is 28.1 Å². The van der Waals surface area contributed by atoms with Crippen LogP contribution in [0, 0.1) is 0 Å². The van der Waals surface area contributed by atoms with Crippen molar-refractivity contribution in [3.05, 3.63) is 58.3 Å². The zero-order valence-corrected chi connectivity index (χ0v) is 16.6. The number of benzene rings is 1. The molecule has 1 aliphatic heterocycles. The SMILES string of the molecule is O=C(OCC(=O)N1CCC[C@@H](c2nc3ccccc3s2)C1)c1cc(Cl)ccn1. The fraction of sp³-hybridized carbons (Fsp3) is 0.300. The lowest BCUT2D eigenvalue weighted by atomic mass is 9.99. The number of carbonyl (C=O) groups excluding carboxylic acids is 2. The number of amides is 1. The molecule has 0 aliphatic carbocycles. The van der Waals surface area contributed by atoms with Crippen LogP contribution in [0.2, 0.25) is 5.02 Å². The largest absolute Gasteiger partial charge is 0.451 e. The summed E-state index contributed by atoms with van der Waals surface area (Å²) in [5.74, 6) is -0.655. The molecular weight excluding hydrogens is 398 g/mol. The second-order valence-corrected chi connectivity index (χ2v) is 8.13. The number of likely N-dealkylation sites (tertiary alicyclic amines) is 1. The summed E-state index contributed by atoms with van der Waals surface area (Å²) in [7, 11) is 0. The van der Waals surface area contributed by atoms with Crippen LogP contribution in [0.4, 0.5) is 0 Å². The Morgan fingerprint density at radius 3 is 2.96 bits per heavy atom. The van der Waals surface area contributed by atoms with E-state index in [-0.39, 0.29) is 24.1 Å². The number of thiazole rings is 1. The van der Waals surface area contributed by atoms with Crippen LogP contribution in [0.1, 0.15) is 34.3 Å². The molecule has 1 atom stereocenters. The van der Waals surface area contributed by atoms with Gasteiger partial charge in [-0.25, -0.2) is 14.8 Å². The van der Waals surface area contributed by atoms with Gasteiger partial charge >= 0.3 is 5.97 Å². The molecule has 3 heterocycles. The summed E-state index contributed by atoms with van der Waals surface area (Å²) in [6.07, 6.45) is 3.32. The standard InChI is InChI=1S/C20H18ClN3O3S/c21-14-7-8-22-16(10-14)20(26)27-12-18(25)24-9-3-4-13(11-24)19-23-15-5-1-2-6-17(15)28-19/h1-2,5-8,10,13H,3-4,9,11-12H2/t13-/m1/s1. The predicted molar refractivity (Wildman–Crippen MR) is 108 cm³/mol. The third kappa shape index (κ3) is 4.15. The van der Waals surface area contributed by atoms with E-state index in [4.69, 9.17) is 21.3 Å².